The molecule has 1 fully saturated rings. The van der Waals surface area contributed by atoms with Gasteiger partial charge in [0.2, 0.25) is 0 Å². The van der Waals surface area contributed by atoms with E-state index in [2.05, 4.69) is 0 Å². The summed E-state index contributed by atoms with van der Waals surface area (Å²) >= 11 is 0. The second kappa shape index (κ2) is 4.48. The lowest BCUT2D eigenvalue weighted by Gasteiger charge is -2.14. The molecule has 0 saturated heterocycles. The molecule has 0 aliphatic heterocycles. The number of aliphatic carboxylic acids is 1. The van der Waals surface area contributed by atoms with Crippen LogP contribution in [0.3, 0.4) is 0 Å². The third-order valence-electron chi connectivity index (χ3n) is 2.84. The normalized spacial score (nSPS) is 16.7. The van der Waals surface area contributed by atoms with Crippen LogP contribution in [0, 0.1) is 5.92 Å². The van der Waals surface area contributed by atoms with Crippen molar-refractivity contribution in [3.8, 4) is 0 Å². The molecular weight excluding hydrogens is 245 g/mol. The summed E-state index contributed by atoms with van der Waals surface area (Å²) in [5.74, 6) is -1.28. The van der Waals surface area contributed by atoms with Gasteiger partial charge < -0.3 is 5.11 Å². The molecule has 0 amide bonds. The fraction of sp³-hybridized carbons (Fsp3) is 0.308. The highest BCUT2D eigenvalue weighted by atomic mass is 19.4. The molecule has 0 spiro atoms. The van der Waals surface area contributed by atoms with Crippen LogP contribution < -0.4 is 0 Å². The Hall–Kier alpha value is -1.78. The van der Waals surface area contributed by atoms with Crippen molar-refractivity contribution in [3.05, 3.63) is 41.5 Å². The largest absolute Gasteiger partial charge is 0.478 e. The molecule has 0 bridgehead atoms. The molecular formula is C13H11F3O2. The van der Waals surface area contributed by atoms with E-state index in [1.807, 2.05) is 0 Å². The van der Waals surface area contributed by atoms with Gasteiger partial charge in [0, 0.05) is 6.08 Å². The van der Waals surface area contributed by atoms with Crippen molar-refractivity contribution in [1.82, 2.24) is 0 Å². The minimum Gasteiger partial charge on any atom is -0.478 e. The zero-order chi connectivity index (χ0) is 13.3. The molecule has 0 aromatic heterocycles. The molecule has 2 rings (SSSR count). The average Bonchev–Trinajstić information content (AvgIpc) is 3.08. The molecule has 0 unspecified atom stereocenters. The fourth-order valence-corrected chi connectivity index (χ4v) is 1.92. The Balaban J connectivity index is 2.52. The summed E-state index contributed by atoms with van der Waals surface area (Å²) in [5.41, 5.74) is -0.519. The van der Waals surface area contributed by atoms with Crippen molar-refractivity contribution in [2.75, 3.05) is 0 Å². The molecule has 0 radical (unpaired) electrons. The van der Waals surface area contributed by atoms with Crippen molar-refractivity contribution < 1.29 is 23.1 Å². The van der Waals surface area contributed by atoms with Crippen molar-refractivity contribution in [1.29, 1.82) is 0 Å². The van der Waals surface area contributed by atoms with Crippen molar-refractivity contribution in [3.63, 3.8) is 0 Å². The fourth-order valence-electron chi connectivity index (χ4n) is 1.92. The molecule has 1 aromatic rings. The predicted molar refractivity (Wildman–Crippen MR) is 59.8 cm³/mol. The van der Waals surface area contributed by atoms with Crippen LogP contribution in [-0.4, -0.2) is 11.1 Å². The van der Waals surface area contributed by atoms with E-state index in [0.29, 0.717) is 0 Å². The van der Waals surface area contributed by atoms with Gasteiger partial charge in [0.05, 0.1) is 5.56 Å². The Morgan fingerprint density at radius 2 is 1.89 bits per heavy atom. The number of hydrogen-bond donors (Lipinski definition) is 1. The number of halogens is 3. The predicted octanol–water partition coefficient (Wildman–Crippen LogP) is 3.58. The summed E-state index contributed by atoms with van der Waals surface area (Å²) in [7, 11) is 0. The Kier molecular flexibility index (Phi) is 3.15. The van der Waals surface area contributed by atoms with Gasteiger partial charge in [-0.2, -0.15) is 13.2 Å². The van der Waals surface area contributed by atoms with Gasteiger partial charge >= 0.3 is 12.1 Å². The summed E-state index contributed by atoms with van der Waals surface area (Å²) in [6.07, 6.45) is -2.10. The number of allylic oxidation sites excluding steroid dienone is 1. The molecule has 1 N–H and O–H groups in total. The summed E-state index contributed by atoms with van der Waals surface area (Å²) in [4.78, 5) is 10.7. The zero-order valence-electron chi connectivity index (χ0n) is 9.37. The van der Waals surface area contributed by atoms with Crippen LogP contribution in [0.15, 0.2) is 30.3 Å². The standard InChI is InChI=1S/C13H11F3O2/c14-13(15,16)11-4-2-1-3-9(11)10(7-12(17)18)8-5-6-8/h1-4,7-8H,5-6H2,(H,17,18)/b10-7+. The van der Waals surface area contributed by atoms with Crippen LogP contribution in [0.2, 0.25) is 0 Å². The van der Waals surface area contributed by atoms with E-state index < -0.39 is 17.7 Å². The minimum absolute atomic E-state index is 0.0186. The van der Waals surface area contributed by atoms with Crippen LogP contribution in [0.1, 0.15) is 24.0 Å². The van der Waals surface area contributed by atoms with E-state index in [-0.39, 0.29) is 17.1 Å². The van der Waals surface area contributed by atoms with Crippen LogP contribution in [0.5, 0.6) is 0 Å². The van der Waals surface area contributed by atoms with Crippen LogP contribution in [0.25, 0.3) is 5.57 Å². The Bertz CT molecular complexity index is 499. The van der Waals surface area contributed by atoms with Gasteiger partial charge in [-0.3, -0.25) is 0 Å². The third-order valence-corrected chi connectivity index (χ3v) is 2.84. The van der Waals surface area contributed by atoms with Crippen molar-refractivity contribution in [2.24, 2.45) is 5.92 Å². The van der Waals surface area contributed by atoms with Gasteiger partial charge in [-0.15, -0.1) is 0 Å². The highest BCUT2D eigenvalue weighted by Gasteiger charge is 2.37. The molecule has 1 aliphatic carbocycles. The molecule has 1 aliphatic rings. The second-order valence-corrected chi connectivity index (χ2v) is 4.26. The minimum atomic E-state index is -4.47. The van der Waals surface area contributed by atoms with E-state index in [1.54, 1.807) is 0 Å². The van der Waals surface area contributed by atoms with Crippen LogP contribution in [0.4, 0.5) is 13.2 Å². The Morgan fingerprint density at radius 1 is 1.28 bits per heavy atom. The molecule has 2 nitrogen and oxygen atoms in total. The molecule has 96 valence electrons. The topological polar surface area (TPSA) is 37.3 Å². The van der Waals surface area contributed by atoms with E-state index in [1.165, 1.54) is 18.2 Å². The lowest BCUT2D eigenvalue weighted by molar-refractivity contribution is -0.138. The molecule has 5 heteroatoms. The molecule has 1 aromatic carbocycles. The van der Waals surface area contributed by atoms with E-state index in [9.17, 15) is 18.0 Å². The quantitative estimate of drug-likeness (QED) is 0.839. The number of hydrogen-bond acceptors (Lipinski definition) is 1. The maximum atomic E-state index is 12.9. The molecule has 18 heavy (non-hydrogen) atoms. The SMILES string of the molecule is O=C(O)/C=C(/c1ccccc1C(F)(F)F)C1CC1. The first kappa shape index (κ1) is 12.7. The van der Waals surface area contributed by atoms with Gasteiger partial charge in [0.1, 0.15) is 0 Å². The van der Waals surface area contributed by atoms with E-state index in [4.69, 9.17) is 5.11 Å². The summed E-state index contributed by atoms with van der Waals surface area (Å²) in [6, 6.07) is 5.10. The molecule has 0 atom stereocenters. The zero-order valence-corrected chi connectivity index (χ0v) is 9.37. The lowest BCUT2D eigenvalue weighted by atomic mass is 9.95. The summed E-state index contributed by atoms with van der Waals surface area (Å²) in [5, 5.41) is 8.76. The summed E-state index contributed by atoms with van der Waals surface area (Å²) in [6.45, 7) is 0. The first-order valence-electron chi connectivity index (χ1n) is 5.50. The van der Waals surface area contributed by atoms with Crippen molar-refractivity contribution >= 4 is 11.5 Å². The smallest absolute Gasteiger partial charge is 0.416 e. The highest BCUT2D eigenvalue weighted by Crippen LogP contribution is 2.45. The van der Waals surface area contributed by atoms with Crippen LogP contribution >= 0.6 is 0 Å². The average molecular weight is 256 g/mol. The Labute approximate surface area is 102 Å². The molecule has 0 heterocycles. The van der Waals surface area contributed by atoms with E-state index in [0.717, 1.165) is 25.0 Å². The second-order valence-electron chi connectivity index (χ2n) is 4.26. The van der Waals surface area contributed by atoms with E-state index >= 15 is 0 Å². The lowest BCUT2D eigenvalue weighted by Crippen LogP contribution is -2.09. The number of carboxylic acid groups (broad SMARTS) is 1. The van der Waals surface area contributed by atoms with Crippen LogP contribution in [-0.2, 0) is 11.0 Å². The first-order valence-corrected chi connectivity index (χ1v) is 5.50. The Morgan fingerprint density at radius 3 is 2.39 bits per heavy atom. The monoisotopic (exact) mass is 256 g/mol. The number of carboxylic acids is 1. The number of benzene rings is 1. The van der Waals surface area contributed by atoms with Crippen molar-refractivity contribution in [2.45, 2.75) is 19.0 Å². The number of alkyl halides is 3. The number of carbonyl (C=O) groups is 1. The van der Waals surface area contributed by atoms with Gasteiger partial charge in [-0.1, -0.05) is 18.2 Å². The highest BCUT2D eigenvalue weighted by molar-refractivity contribution is 5.91. The van der Waals surface area contributed by atoms with Gasteiger partial charge in [0.25, 0.3) is 0 Å². The van der Waals surface area contributed by atoms with Gasteiger partial charge in [0.15, 0.2) is 0 Å². The van der Waals surface area contributed by atoms with Gasteiger partial charge in [-0.25, -0.2) is 4.79 Å². The maximum absolute atomic E-state index is 12.9. The molecule has 1 saturated carbocycles. The van der Waals surface area contributed by atoms with Gasteiger partial charge in [-0.05, 0) is 36.0 Å². The first-order chi connectivity index (χ1) is 8.39. The number of rotatable bonds is 3. The summed E-state index contributed by atoms with van der Waals surface area (Å²) < 4.78 is 38.6. The third kappa shape index (κ3) is 2.72. The maximum Gasteiger partial charge on any atom is 0.416 e.